The third kappa shape index (κ3) is 2.14. The smallest absolute Gasteiger partial charge is 0.188 e. The maximum atomic E-state index is 4.79. The molecule has 0 amide bonds. The predicted octanol–water partition coefficient (Wildman–Crippen LogP) is 5.17. The summed E-state index contributed by atoms with van der Waals surface area (Å²) >= 11 is 1.58. The highest BCUT2D eigenvalue weighted by molar-refractivity contribution is 7.98. The van der Waals surface area contributed by atoms with E-state index in [4.69, 9.17) is 4.98 Å². The van der Waals surface area contributed by atoms with Crippen LogP contribution in [0.25, 0.3) is 32.9 Å². The quantitative estimate of drug-likeness (QED) is 0.377. The molecule has 0 bridgehead atoms. The van der Waals surface area contributed by atoms with Gasteiger partial charge < -0.3 is 0 Å². The van der Waals surface area contributed by atoms with Crippen molar-refractivity contribution in [1.29, 1.82) is 0 Å². The average Bonchev–Trinajstić information content (AvgIpc) is 2.60. The third-order valence-electron chi connectivity index (χ3n) is 3.81. The van der Waals surface area contributed by atoms with Crippen LogP contribution in [0.2, 0.25) is 0 Å². The minimum absolute atomic E-state index is 0.807. The van der Waals surface area contributed by atoms with E-state index in [0.29, 0.717) is 0 Å². The van der Waals surface area contributed by atoms with Gasteiger partial charge in [-0.1, -0.05) is 72.4 Å². The zero-order valence-corrected chi connectivity index (χ0v) is 13.0. The molecule has 4 aromatic rings. The van der Waals surface area contributed by atoms with E-state index >= 15 is 0 Å². The van der Waals surface area contributed by atoms with E-state index in [1.807, 2.05) is 24.5 Å². The van der Waals surface area contributed by atoms with Crippen LogP contribution in [0, 0.1) is 0 Å². The molecule has 0 saturated carbocycles. The first-order valence-corrected chi connectivity index (χ1v) is 8.38. The summed E-state index contributed by atoms with van der Waals surface area (Å²) in [5.74, 6) is 0. The van der Waals surface area contributed by atoms with Gasteiger partial charge in [0.25, 0.3) is 0 Å². The molecule has 3 heteroatoms. The number of para-hydroxylation sites is 1. The van der Waals surface area contributed by atoms with E-state index in [1.165, 1.54) is 10.8 Å². The molecule has 0 unspecified atom stereocenters. The Morgan fingerprint density at radius 2 is 1.45 bits per heavy atom. The van der Waals surface area contributed by atoms with Crippen LogP contribution in [0.15, 0.2) is 71.9 Å². The average molecular weight is 302 g/mol. The van der Waals surface area contributed by atoms with Gasteiger partial charge in [0.2, 0.25) is 0 Å². The molecule has 106 valence electrons. The van der Waals surface area contributed by atoms with Crippen LogP contribution >= 0.6 is 11.8 Å². The lowest BCUT2D eigenvalue weighted by molar-refractivity contribution is 1.01. The van der Waals surface area contributed by atoms with Gasteiger partial charge in [-0.05, 0) is 23.1 Å². The molecule has 1 aromatic heterocycles. The Hall–Kier alpha value is -2.39. The lowest BCUT2D eigenvalue weighted by Crippen LogP contribution is -1.93. The second-order valence-corrected chi connectivity index (χ2v) is 5.88. The van der Waals surface area contributed by atoms with Gasteiger partial charge in [-0.3, -0.25) is 0 Å². The minimum atomic E-state index is 0.807. The minimum Gasteiger partial charge on any atom is -0.222 e. The van der Waals surface area contributed by atoms with E-state index in [0.717, 1.165) is 27.3 Å². The van der Waals surface area contributed by atoms with Gasteiger partial charge in [0.15, 0.2) is 5.16 Å². The standard InChI is InChI=1S/C19H14N2S/c1-22-19-20-17-12-5-4-10-16(17)18(21-19)15-11-6-8-13-7-2-3-9-14(13)15/h2-12H,1H3. The van der Waals surface area contributed by atoms with Gasteiger partial charge in [-0.15, -0.1) is 0 Å². The van der Waals surface area contributed by atoms with Gasteiger partial charge >= 0.3 is 0 Å². The van der Waals surface area contributed by atoms with Crippen molar-refractivity contribution < 1.29 is 0 Å². The summed E-state index contributed by atoms with van der Waals surface area (Å²) in [7, 11) is 0. The third-order valence-corrected chi connectivity index (χ3v) is 4.36. The van der Waals surface area contributed by atoms with Crippen LogP contribution < -0.4 is 0 Å². The lowest BCUT2D eigenvalue weighted by Gasteiger charge is -2.10. The molecular weight excluding hydrogens is 288 g/mol. The Labute approximate surface area is 133 Å². The normalized spacial score (nSPS) is 11.1. The van der Waals surface area contributed by atoms with E-state index in [2.05, 4.69) is 53.5 Å². The maximum Gasteiger partial charge on any atom is 0.188 e. The first-order valence-electron chi connectivity index (χ1n) is 7.16. The summed E-state index contributed by atoms with van der Waals surface area (Å²) in [6, 6.07) is 23.0. The zero-order valence-electron chi connectivity index (χ0n) is 12.2. The Morgan fingerprint density at radius 1 is 0.727 bits per heavy atom. The molecule has 0 fully saturated rings. The van der Waals surface area contributed by atoms with Crippen molar-refractivity contribution in [3.63, 3.8) is 0 Å². The Balaban J connectivity index is 2.12. The van der Waals surface area contributed by atoms with Crippen molar-refractivity contribution in [3.05, 3.63) is 66.7 Å². The van der Waals surface area contributed by atoms with Crippen LogP contribution in [-0.2, 0) is 0 Å². The number of hydrogen-bond acceptors (Lipinski definition) is 3. The predicted molar refractivity (Wildman–Crippen MR) is 94.3 cm³/mol. The Kier molecular flexibility index (Phi) is 3.28. The number of aromatic nitrogens is 2. The van der Waals surface area contributed by atoms with Crippen LogP contribution in [0.4, 0.5) is 0 Å². The molecule has 0 aliphatic heterocycles. The molecule has 0 atom stereocenters. The second-order valence-electron chi connectivity index (χ2n) is 5.10. The second kappa shape index (κ2) is 5.43. The van der Waals surface area contributed by atoms with Gasteiger partial charge in [0.05, 0.1) is 11.2 Å². The summed E-state index contributed by atoms with van der Waals surface area (Å²) < 4.78 is 0. The highest BCUT2D eigenvalue weighted by atomic mass is 32.2. The van der Waals surface area contributed by atoms with Crippen LogP contribution in [0.3, 0.4) is 0 Å². The fraction of sp³-hybridized carbons (Fsp3) is 0.0526. The fourth-order valence-corrected chi connectivity index (χ4v) is 3.16. The number of fused-ring (bicyclic) bond motifs is 2. The van der Waals surface area contributed by atoms with Gasteiger partial charge in [0.1, 0.15) is 0 Å². The number of nitrogens with zero attached hydrogens (tertiary/aromatic N) is 2. The molecule has 3 aromatic carbocycles. The van der Waals surface area contributed by atoms with Crippen molar-refractivity contribution in [1.82, 2.24) is 9.97 Å². The van der Waals surface area contributed by atoms with Crippen LogP contribution in [0.1, 0.15) is 0 Å². The van der Waals surface area contributed by atoms with Crippen LogP contribution in [-0.4, -0.2) is 16.2 Å². The molecule has 0 aliphatic rings. The van der Waals surface area contributed by atoms with Crippen molar-refractivity contribution in [2.45, 2.75) is 5.16 Å². The molecule has 4 rings (SSSR count). The first-order chi connectivity index (χ1) is 10.9. The molecule has 22 heavy (non-hydrogen) atoms. The fourth-order valence-electron chi connectivity index (χ4n) is 2.78. The molecule has 2 nitrogen and oxygen atoms in total. The highest BCUT2D eigenvalue weighted by Crippen LogP contribution is 2.32. The van der Waals surface area contributed by atoms with E-state index in [-0.39, 0.29) is 0 Å². The monoisotopic (exact) mass is 302 g/mol. The molecule has 0 N–H and O–H groups in total. The maximum absolute atomic E-state index is 4.79. The number of hydrogen-bond donors (Lipinski definition) is 0. The largest absolute Gasteiger partial charge is 0.222 e. The van der Waals surface area contributed by atoms with Crippen molar-refractivity contribution in [2.75, 3.05) is 6.26 Å². The van der Waals surface area contributed by atoms with Gasteiger partial charge in [0, 0.05) is 10.9 Å². The molecule has 0 radical (unpaired) electrons. The molecule has 0 saturated heterocycles. The van der Waals surface area contributed by atoms with Gasteiger partial charge in [-0.2, -0.15) is 0 Å². The molecule has 1 heterocycles. The summed E-state index contributed by atoms with van der Waals surface area (Å²) in [5, 5.41) is 4.35. The van der Waals surface area contributed by atoms with Crippen molar-refractivity contribution >= 4 is 33.4 Å². The van der Waals surface area contributed by atoms with Crippen molar-refractivity contribution in [2.24, 2.45) is 0 Å². The van der Waals surface area contributed by atoms with E-state index in [1.54, 1.807) is 11.8 Å². The number of thioether (sulfide) groups is 1. The summed E-state index contributed by atoms with van der Waals surface area (Å²) in [6.07, 6.45) is 2.01. The summed E-state index contributed by atoms with van der Waals surface area (Å²) in [5.41, 5.74) is 3.16. The topological polar surface area (TPSA) is 25.8 Å². The molecule has 0 spiro atoms. The Morgan fingerprint density at radius 3 is 2.32 bits per heavy atom. The number of rotatable bonds is 2. The highest BCUT2D eigenvalue weighted by Gasteiger charge is 2.11. The Bertz CT molecular complexity index is 974. The van der Waals surface area contributed by atoms with Crippen molar-refractivity contribution in [3.8, 4) is 11.3 Å². The van der Waals surface area contributed by atoms with E-state index in [9.17, 15) is 0 Å². The van der Waals surface area contributed by atoms with Gasteiger partial charge in [-0.25, -0.2) is 9.97 Å². The SMILES string of the molecule is CSc1nc(-c2cccc3ccccc23)c2ccccc2n1. The first kappa shape index (κ1) is 13.3. The van der Waals surface area contributed by atoms with E-state index < -0.39 is 0 Å². The summed E-state index contributed by atoms with van der Waals surface area (Å²) in [4.78, 5) is 9.40. The van der Waals surface area contributed by atoms with Crippen LogP contribution in [0.5, 0.6) is 0 Å². The number of benzene rings is 3. The zero-order chi connectivity index (χ0) is 14.9. The lowest BCUT2D eigenvalue weighted by atomic mass is 9.99. The molecular formula is C19H14N2S. The molecule has 0 aliphatic carbocycles. The summed E-state index contributed by atoms with van der Waals surface area (Å²) in [6.45, 7) is 0.